The van der Waals surface area contributed by atoms with Crippen LogP contribution in [0.3, 0.4) is 0 Å². The molecule has 4 nitrogen and oxygen atoms in total. The van der Waals surface area contributed by atoms with Crippen molar-refractivity contribution in [3.05, 3.63) is 63.9 Å². The van der Waals surface area contributed by atoms with Gasteiger partial charge in [0.15, 0.2) is 5.96 Å². The Balaban J connectivity index is 1.88. The molecule has 0 bridgehead atoms. The average Bonchev–Trinajstić information content (AvgIpc) is 2.50. The topological polar surface area (TPSA) is 49.3 Å². The van der Waals surface area contributed by atoms with Gasteiger partial charge in [-0.3, -0.25) is 9.98 Å². The van der Waals surface area contributed by atoms with Crippen LogP contribution in [-0.4, -0.2) is 18.0 Å². The maximum atomic E-state index is 4.28. The van der Waals surface area contributed by atoms with Crippen molar-refractivity contribution < 1.29 is 0 Å². The van der Waals surface area contributed by atoms with Crippen molar-refractivity contribution >= 4 is 21.9 Å². The Hall–Kier alpha value is -1.88. The predicted molar refractivity (Wildman–Crippen MR) is 90.2 cm³/mol. The summed E-state index contributed by atoms with van der Waals surface area (Å²) >= 11 is 3.48. The van der Waals surface area contributed by atoms with Crippen LogP contribution >= 0.6 is 15.9 Å². The molecule has 0 fully saturated rings. The molecule has 5 heteroatoms. The Morgan fingerprint density at radius 2 is 2.00 bits per heavy atom. The molecule has 2 rings (SSSR count). The van der Waals surface area contributed by atoms with E-state index in [1.165, 1.54) is 11.1 Å². The number of aliphatic imine (C=N–C) groups is 1. The zero-order valence-corrected chi connectivity index (χ0v) is 13.8. The van der Waals surface area contributed by atoms with Crippen LogP contribution in [0.25, 0.3) is 0 Å². The highest BCUT2D eigenvalue weighted by atomic mass is 79.9. The monoisotopic (exact) mass is 346 g/mol. The zero-order chi connectivity index (χ0) is 15.1. The highest BCUT2D eigenvalue weighted by molar-refractivity contribution is 9.10. The van der Waals surface area contributed by atoms with Gasteiger partial charge in [0.1, 0.15) is 0 Å². The number of aromatic nitrogens is 1. The summed E-state index contributed by atoms with van der Waals surface area (Å²) in [7, 11) is 1.77. The fourth-order valence-electron chi connectivity index (χ4n) is 1.93. The molecule has 0 aliphatic rings. The summed E-state index contributed by atoms with van der Waals surface area (Å²) in [6.45, 7) is 3.49. The summed E-state index contributed by atoms with van der Waals surface area (Å²) in [5, 5.41) is 6.57. The molecule has 21 heavy (non-hydrogen) atoms. The number of hydrogen-bond acceptors (Lipinski definition) is 2. The molecule has 0 radical (unpaired) electrons. The normalized spacial score (nSPS) is 11.3. The van der Waals surface area contributed by atoms with Gasteiger partial charge in [-0.1, -0.05) is 28.1 Å². The number of nitrogens with one attached hydrogen (secondary N) is 2. The fraction of sp³-hybridized carbons (Fsp3) is 0.250. The van der Waals surface area contributed by atoms with E-state index in [-0.39, 0.29) is 0 Å². The minimum absolute atomic E-state index is 0.653. The van der Waals surface area contributed by atoms with E-state index >= 15 is 0 Å². The smallest absolute Gasteiger partial charge is 0.191 e. The number of nitrogens with zero attached hydrogens (tertiary/aromatic N) is 2. The van der Waals surface area contributed by atoms with Crippen molar-refractivity contribution in [2.24, 2.45) is 4.99 Å². The quantitative estimate of drug-likeness (QED) is 0.660. The summed E-state index contributed by atoms with van der Waals surface area (Å²) in [5.41, 5.74) is 3.48. The number of pyridine rings is 1. The van der Waals surface area contributed by atoms with Crippen LogP contribution in [-0.2, 0) is 13.1 Å². The first-order valence-corrected chi connectivity index (χ1v) is 7.58. The van der Waals surface area contributed by atoms with E-state index in [9.17, 15) is 0 Å². The van der Waals surface area contributed by atoms with Gasteiger partial charge < -0.3 is 10.6 Å². The van der Waals surface area contributed by atoms with Gasteiger partial charge in [-0.05, 0) is 42.3 Å². The molecule has 1 aromatic heterocycles. The average molecular weight is 347 g/mol. The highest BCUT2D eigenvalue weighted by Gasteiger charge is 2.02. The third kappa shape index (κ3) is 4.86. The summed E-state index contributed by atoms with van der Waals surface area (Å²) < 4.78 is 1.10. The summed E-state index contributed by atoms with van der Waals surface area (Å²) in [4.78, 5) is 8.50. The molecule has 0 aliphatic heterocycles. The van der Waals surface area contributed by atoms with Crippen molar-refractivity contribution in [2.45, 2.75) is 20.0 Å². The second kappa shape index (κ2) is 7.78. The van der Waals surface area contributed by atoms with E-state index in [0.717, 1.165) is 22.7 Å². The van der Waals surface area contributed by atoms with Crippen LogP contribution in [0.5, 0.6) is 0 Å². The van der Waals surface area contributed by atoms with Gasteiger partial charge >= 0.3 is 0 Å². The second-order valence-electron chi connectivity index (χ2n) is 4.67. The van der Waals surface area contributed by atoms with Crippen LogP contribution < -0.4 is 10.6 Å². The molecule has 0 atom stereocenters. The molecule has 0 amide bonds. The Bertz CT molecular complexity index is 611. The molecule has 1 heterocycles. The highest BCUT2D eigenvalue weighted by Crippen LogP contribution is 2.15. The lowest BCUT2D eigenvalue weighted by molar-refractivity contribution is 0.792. The molecule has 2 N–H and O–H groups in total. The first-order valence-electron chi connectivity index (χ1n) is 6.78. The van der Waals surface area contributed by atoms with Gasteiger partial charge in [0, 0.05) is 24.3 Å². The van der Waals surface area contributed by atoms with E-state index in [2.05, 4.69) is 55.6 Å². The predicted octanol–water partition coefficient (Wildman–Crippen LogP) is 3.02. The van der Waals surface area contributed by atoms with Crippen molar-refractivity contribution in [3.8, 4) is 0 Å². The second-order valence-corrected chi connectivity index (χ2v) is 5.59. The van der Waals surface area contributed by atoms with Gasteiger partial charge in [0.2, 0.25) is 0 Å². The van der Waals surface area contributed by atoms with Gasteiger partial charge in [0.25, 0.3) is 0 Å². The number of guanidine groups is 1. The van der Waals surface area contributed by atoms with Crippen LogP contribution in [0.15, 0.2) is 52.1 Å². The number of aryl methyl sites for hydroxylation is 1. The Morgan fingerprint density at radius 1 is 1.19 bits per heavy atom. The van der Waals surface area contributed by atoms with Gasteiger partial charge in [0.05, 0.1) is 12.2 Å². The lowest BCUT2D eigenvalue weighted by Crippen LogP contribution is -2.36. The van der Waals surface area contributed by atoms with Crippen molar-refractivity contribution in [3.63, 3.8) is 0 Å². The maximum absolute atomic E-state index is 4.28. The summed E-state index contributed by atoms with van der Waals surface area (Å²) in [6, 6.07) is 12.1. The summed E-state index contributed by atoms with van der Waals surface area (Å²) in [5.74, 6) is 0.767. The Labute approximate surface area is 133 Å². The number of hydrogen-bond donors (Lipinski definition) is 2. The van der Waals surface area contributed by atoms with E-state index in [1.54, 1.807) is 13.2 Å². The molecule has 0 unspecified atom stereocenters. The van der Waals surface area contributed by atoms with E-state index in [4.69, 9.17) is 0 Å². The molecule has 1 aromatic carbocycles. The molecule has 0 saturated heterocycles. The number of benzene rings is 1. The van der Waals surface area contributed by atoms with E-state index in [1.807, 2.05) is 24.3 Å². The third-order valence-corrected chi connectivity index (χ3v) is 3.63. The molecular weight excluding hydrogens is 328 g/mol. The minimum atomic E-state index is 0.653. The molecule has 110 valence electrons. The largest absolute Gasteiger partial charge is 0.352 e. The SMILES string of the molecule is CN=C(NCc1ccccn1)NCc1ccc(Br)cc1C. The fourth-order valence-corrected chi connectivity index (χ4v) is 2.41. The molecular formula is C16H19BrN4. The van der Waals surface area contributed by atoms with Crippen molar-refractivity contribution in [1.29, 1.82) is 0 Å². The van der Waals surface area contributed by atoms with Crippen LogP contribution in [0.4, 0.5) is 0 Å². The lowest BCUT2D eigenvalue weighted by Gasteiger charge is -2.13. The minimum Gasteiger partial charge on any atom is -0.352 e. The molecule has 0 spiro atoms. The van der Waals surface area contributed by atoms with Crippen molar-refractivity contribution in [1.82, 2.24) is 15.6 Å². The van der Waals surface area contributed by atoms with Crippen molar-refractivity contribution in [2.75, 3.05) is 7.05 Å². The number of rotatable bonds is 4. The number of halogens is 1. The maximum Gasteiger partial charge on any atom is 0.191 e. The van der Waals surface area contributed by atoms with Crippen LogP contribution in [0.1, 0.15) is 16.8 Å². The molecule has 0 saturated carbocycles. The van der Waals surface area contributed by atoms with Gasteiger partial charge in [-0.2, -0.15) is 0 Å². The first kappa shape index (κ1) is 15.5. The third-order valence-electron chi connectivity index (χ3n) is 3.14. The van der Waals surface area contributed by atoms with Gasteiger partial charge in [-0.15, -0.1) is 0 Å². The van der Waals surface area contributed by atoms with Crippen LogP contribution in [0, 0.1) is 6.92 Å². The first-order chi connectivity index (χ1) is 10.2. The standard InChI is InChI=1S/C16H19BrN4/c1-12-9-14(17)7-6-13(12)10-20-16(18-2)21-11-15-5-3-4-8-19-15/h3-9H,10-11H2,1-2H3,(H2,18,20,21). The zero-order valence-electron chi connectivity index (χ0n) is 12.2. The summed E-state index contributed by atoms with van der Waals surface area (Å²) in [6.07, 6.45) is 1.79. The molecule has 2 aromatic rings. The lowest BCUT2D eigenvalue weighted by atomic mass is 10.1. The van der Waals surface area contributed by atoms with E-state index in [0.29, 0.717) is 6.54 Å². The Kier molecular flexibility index (Phi) is 5.75. The van der Waals surface area contributed by atoms with Gasteiger partial charge in [-0.25, -0.2) is 0 Å². The molecule has 0 aliphatic carbocycles. The van der Waals surface area contributed by atoms with E-state index < -0.39 is 0 Å². The Morgan fingerprint density at radius 3 is 2.67 bits per heavy atom. The van der Waals surface area contributed by atoms with Crippen LogP contribution in [0.2, 0.25) is 0 Å².